The van der Waals surface area contributed by atoms with Crippen molar-refractivity contribution in [1.29, 1.82) is 0 Å². The van der Waals surface area contributed by atoms with Gasteiger partial charge in [0.25, 0.3) is 5.56 Å². The number of pyridine rings is 2. The summed E-state index contributed by atoms with van der Waals surface area (Å²) in [5.74, 6) is -1.21. The van der Waals surface area contributed by atoms with Crippen molar-refractivity contribution in [2.45, 2.75) is 64.8 Å². The number of aromatic nitrogens is 2. The summed E-state index contributed by atoms with van der Waals surface area (Å²) < 4.78 is 21.2. The monoisotopic (exact) mass is 451 g/mol. The zero-order valence-electron chi connectivity index (χ0n) is 19.0. The van der Waals surface area contributed by atoms with Gasteiger partial charge in [0.05, 0.1) is 29.0 Å². The lowest BCUT2D eigenvalue weighted by atomic mass is 9.85. The topological polar surface area (TPSA) is 107 Å². The largest absolute Gasteiger partial charge is 0.458 e. The summed E-state index contributed by atoms with van der Waals surface area (Å²) in [7, 11) is 0. The van der Waals surface area contributed by atoms with Gasteiger partial charge in [0.15, 0.2) is 5.60 Å². The highest BCUT2D eigenvalue weighted by Gasteiger charge is 2.45. The molecule has 0 amide bonds. The molecule has 0 aliphatic carbocycles. The highest BCUT2D eigenvalue weighted by molar-refractivity contribution is 5.90. The van der Waals surface area contributed by atoms with E-state index in [1.165, 1.54) is 6.07 Å². The number of carbonyl (C=O) groups is 1. The molecule has 7 nitrogen and oxygen atoms in total. The van der Waals surface area contributed by atoms with Crippen molar-refractivity contribution in [3.05, 3.63) is 62.2 Å². The van der Waals surface area contributed by atoms with Crippen LogP contribution in [0.5, 0.6) is 0 Å². The van der Waals surface area contributed by atoms with E-state index in [-0.39, 0.29) is 54.0 Å². The number of esters is 1. The Morgan fingerprint density at radius 2 is 2.00 bits per heavy atom. The number of nitrogens with two attached hydrogens (primary N) is 1. The first-order chi connectivity index (χ1) is 15.6. The summed E-state index contributed by atoms with van der Waals surface area (Å²) in [6.07, 6.45) is 0.0667. The fourth-order valence-corrected chi connectivity index (χ4v) is 5.02. The molecule has 0 radical (unpaired) electrons. The number of cyclic esters (lactones) is 1. The summed E-state index contributed by atoms with van der Waals surface area (Å²) in [5, 5.41) is 11.9. The number of aryl methyl sites for hydroxylation is 1. The summed E-state index contributed by atoms with van der Waals surface area (Å²) >= 11 is 0. The van der Waals surface area contributed by atoms with Gasteiger partial charge in [0.2, 0.25) is 0 Å². The van der Waals surface area contributed by atoms with Crippen molar-refractivity contribution < 1.29 is 19.0 Å². The fraction of sp³-hybridized carbons (Fsp3) is 0.400. The molecule has 3 N–H and O–H groups in total. The number of hydrogen-bond donors (Lipinski definition) is 2. The zero-order chi connectivity index (χ0) is 23.8. The standard InChI is InChI=1S/C25H26FN3O4/c1-5-25(32)17-7-20-22-15(9-29(20)23(30)16(17)10-33-24(25)31)21(12(3)13(4)27)14-6-11(2)18(26)8-19(14)28-22/h6-8,12-13,32H,5,9-10,27H2,1-4H3/t12-,13-,25-/m0/s1. The number of fused-ring (bicyclic) bond motifs is 5. The average Bonchev–Trinajstić information content (AvgIpc) is 3.14. The summed E-state index contributed by atoms with van der Waals surface area (Å²) in [5.41, 5.74) is 8.39. The van der Waals surface area contributed by atoms with Gasteiger partial charge in [-0.25, -0.2) is 14.2 Å². The van der Waals surface area contributed by atoms with Crippen LogP contribution in [-0.2, 0) is 28.3 Å². The Bertz CT molecular complexity index is 1410. The molecule has 0 fully saturated rings. The molecule has 2 aromatic heterocycles. The lowest BCUT2D eigenvalue weighted by Crippen LogP contribution is -2.44. The third-order valence-corrected chi connectivity index (χ3v) is 7.26. The molecule has 33 heavy (non-hydrogen) atoms. The van der Waals surface area contributed by atoms with Crippen LogP contribution in [0.15, 0.2) is 23.0 Å². The summed E-state index contributed by atoms with van der Waals surface area (Å²) in [6.45, 7) is 7.39. The number of benzene rings is 1. The SMILES string of the molecule is CC[C@@]1(O)C(=O)OCc2c1cc1n(c2=O)Cc2c-1nc1cc(F)c(C)cc1c2[C@@H](C)[C@H](C)N. The first kappa shape index (κ1) is 21.7. The van der Waals surface area contributed by atoms with Gasteiger partial charge in [0, 0.05) is 28.6 Å². The molecule has 1 aromatic carbocycles. The van der Waals surface area contributed by atoms with Crippen LogP contribution < -0.4 is 11.3 Å². The minimum Gasteiger partial charge on any atom is -0.458 e. The van der Waals surface area contributed by atoms with Gasteiger partial charge >= 0.3 is 5.97 Å². The average molecular weight is 451 g/mol. The molecule has 2 aliphatic rings. The predicted molar refractivity (Wildman–Crippen MR) is 121 cm³/mol. The third-order valence-electron chi connectivity index (χ3n) is 7.26. The van der Waals surface area contributed by atoms with Crippen molar-refractivity contribution in [2.24, 2.45) is 5.73 Å². The molecule has 4 heterocycles. The number of hydrogen-bond acceptors (Lipinski definition) is 6. The maximum atomic E-state index is 14.5. The van der Waals surface area contributed by atoms with Crippen LogP contribution in [0.1, 0.15) is 60.9 Å². The second kappa shape index (κ2) is 7.20. The molecule has 3 atom stereocenters. The Morgan fingerprint density at radius 1 is 1.27 bits per heavy atom. The predicted octanol–water partition coefficient (Wildman–Crippen LogP) is 2.98. The molecule has 8 heteroatoms. The fourth-order valence-electron chi connectivity index (χ4n) is 5.02. The normalized spacial score (nSPS) is 20.8. The number of halogens is 1. The number of ether oxygens (including phenoxy) is 1. The third kappa shape index (κ3) is 2.90. The van der Waals surface area contributed by atoms with Crippen molar-refractivity contribution in [1.82, 2.24) is 9.55 Å². The lowest BCUT2D eigenvalue weighted by Gasteiger charge is -2.31. The molecular weight excluding hydrogens is 425 g/mol. The van der Waals surface area contributed by atoms with E-state index in [0.29, 0.717) is 22.5 Å². The van der Waals surface area contributed by atoms with Gasteiger partial charge in [-0.2, -0.15) is 0 Å². The molecule has 0 saturated heterocycles. The molecule has 0 spiro atoms. The van der Waals surface area contributed by atoms with Crippen molar-refractivity contribution >= 4 is 16.9 Å². The highest BCUT2D eigenvalue weighted by atomic mass is 19.1. The smallest absolute Gasteiger partial charge is 0.343 e. The zero-order valence-corrected chi connectivity index (χ0v) is 19.0. The van der Waals surface area contributed by atoms with E-state index in [1.807, 2.05) is 13.8 Å². The lowest BCUT2D eigenvalue weighted by molar-refractivity contribution is -0.172. The number of aliphatic hydroxyl groups is 1. The van der Waals surface area contributed by atoms with Crippen LogP contribution in [0.25, 0.3) is 22.3 Å². The van der Waals surface area contributed by atoms with Gasteiger partial charge < -0.3 is 20.1 Å². The summed E-state index contributed by atoms with van der Waals surface area (Å²) in [6, 6.07) is 4.66. The molecule has 0 saturated carbocycles. The van der Waals surface area contributed by atoms with Crippen LogP contribution in [-0.4, -0.2) is 26.7 Å². The maximum Gasteiger partial charge on any atom is 0.343 e. The first-order valence-corrected chi connectivity index (χ1v) is 11.1. The Morgan fingerprint density at radius 3 is 2.67 bits per heavy atom. The number of rotatable bonds is 3. The molecule has 5 rings (SSSR count). The Kier molecular flexibility index (Phi) is 4.74. The van der Waals surface area contributed by atoms with Crippen LogP contribution >= 0.6 is 0 Å². The molecule has 3 aromatic rings. The van der Waals surface area contributed by atoms with Crippen molar-refractivity contribution in [3.63, 3.8) is 0 Å². The van der Waals surface area contributed by atoms with Crippen molar-refractivity contribution in [3.8, 4) is 11.4 Å². The van der Waals surface area contributed by atoms with Gasteiger partial charge in [-0.15, -0.1) is 0 Å². The Hall–Kier alpha value is -3.10. The second-order valence-corrected chi connectivity index (χ2v) is 9.22. The molecule has 0 unspecified atom stereocenters. The number of carbonyl (C=O) groups excluding carboxylic acids is 1. The molecule has 2 aliphatic heterocycles. The van der Waals surface area contributed by atoms with E-state index in [0.717, 1.165) is 16.5 Å². The Balaban J connectivity index is 1.86. The minimum atomic E-state index is -1.90. The van der Waals surface area contributed by atoms with E-state index in [1.54, 1.807) is 30.5 Å². The Labute approximate surface area is 190 Å². The van der Waals surface area contributed by atoms with Crippen molar-refractivity contribution in [2.75, 3.05) is 0 Å². The van der Waals surface area contributed by atoms with Crippen LogP contribution in [0.3, 0.4) is 0 Å². The molecule has 0 bridgehead atoms. The van der Waals surface area contributed by atoms with Crippen LogP contribution in [0.2, 0.25) is 0 Å². The van der Waals surface area contributed by atoms with E-state index in [2.05, 4.69) is 0 Å². The molecular formula is C25H26FN3O4. The van der Waals surface area contributed by atoms with Gasteiger partial charge in [-0.1, -0.05) is 13.8 Å². The van der Waals surface area contributed by atoms with Crippen LogP contribution in [0, 0.1) is 12.7 Å². The van der Waals surface area contributed by atoms with Gasteiger partial charge in [-0.3, -0.25) is 4.79 Å². The first-order valence-electron chi connectivity index (χ1n) is 11.1. The van der Waals surface area contributed by atoms with E-state index < -0.39 is 11.6 Å². The molecule has 172 valence electrons. The van der Waals surface area contributed by atoms with E-state index in [4.69, 9.17) is 15.5 Å². The quantitative estimate of drug-likeness (QED) is 0.464. The highest BCUT2D eigenvalue weighted by Crippen LogP contribution is 2.42. The van der Waals surface area contributed by atoms with Gasteiger partial charge in [0.1, 0.15) is 12.4 Å². The van der Waals surface area contributed by atoms with E-state index in [9.17, 15) is 19.1 Å². The van der Waals surface area contributed by atoms with Crippen LogP contribution in [0.4, 0.5) is 4.39 Å². The van der Waals surface area contributed by atoms with E-state index >= 15 is 0 Å². The number of nitrogens with zero attached hydrogens (tertiary/aromatic N) is 2. The van der Waals surface area contributed by atoms with Gasteiger partial charge in [-0.05, 0) is 49.4 Å². The maximum absolute atomic E-state index is 14.5. The second-order valence-electron chi connectivity index (χ2n) is 9.22. The summed E-state index contributed by atoms with van der Waals surface area (Å²) in [4.78, 5) is 30.6. The minimum absolute atomic E-state index is 0.0667.